The number of fused-ring (bicyclic) bond motifs is 1. The number of rotatable bonds is 6. The van der Waals surface area contributed by atoms with Crippen molar-refractivity contribution in [2.24, 2.45) is 0 Å². The molecule has 36 heavy (non-hydrogen) atoms. The summed E-state index contributed by atoms with van der Waals surface area (Å²) in [7, 11) is 1.56. The van der Waals surface area contributed by atoms with Crippen molar-refractivity contribution >= 4 is 22.6 Å². The quantitative estimate of drug-likeness (QED) is 0.419. The van der Waals surface area contributed by atoms with Gasteiger partial charge in [-0.15, -0.1) is 0 Å². The molecular formula is C28H24FN3O4. The number of morpholine rings is 1. The molecule has 182 valence electrons. The van der Waals surface area contributed by atoms with Crippen LogP contribution >= 0.6 is 0 Å². The summed E-state index contributed by atoms with van der Waals surface area (Å²) in [4.78, 5) is 15.1. The van der Waals surface area contributed by atoms with Crippen LogP contribution in [0.15, 0.2) is 65.1 Å². The molecule has 1 N–H and O–H groups in total. The first-order chi connectivity index (χ1) is 17.6. The number of nitriles is 1. The molecule has 3 aromatic carbocycles. The molecule has 7 nitrogen and oxygen atoms in total. The average Bonchev–Trinajstić information content (AvgIpc) is 3.30. The van der Waals surface area contributed by atoms with Gasteiger partial charge in [-0.3, -0.25) is 4.79 Å². The monoisotopic (exact) mass is 485 g/mol. The molecule has 5 rings (SSSR count). The molecule has 0 aliphatic carbocycles. The van der Waals surface area contributed by atoms with Crippen molar-refractivity contribution in [3.63, 3.8) is 0 Å². The zero-order valence-corrected chi connectivity index (χ0v) is 19.7. The van der Waals surface area contributed by atoms with Gasteiger partial charge in [-0.25, -0.2) is 4.39 Å². The number of furan rings is 1. The second kappa shape index (κ2) is 10.1. The second-order valence-corrected chi connectivity index (χ2v) is 8.41. The molecule has 1 aliphatic rings. The van der Waals surface area contributed by atoms with E-state index in [0.29, 0.717) is 65.5 Å². The zero-order chi connectivity index (χ0) is 25.1. The predicted octanol–water partition coefficient (Wildman–Crippen LogP) is 4.89. The van der Waals surface area contributed by atoms with Gasteiger partial charge in [0.25, 0.3) is 5.91 Å². The number of halogens is 1. The molecule has 0 bridgehead atoms. The van der Waals surface area contributed by atoms with E-state index in [1.807, 2.05) is 24.3 Å². The minimum absolute atomic E-state index is 0.284. The number of carbonyl (C=O) groups is 1. The Morgan fingerprint density at radius 2 is 1.83 bits per heavy atom. The Bertz CT molecular complexity index is 1430. The smallest absolute Gasteiger partial charge is 0.255 e. The first kappa shape index (κ1) is 23.4. The van der Waals surface area contributed by atoms with Crippen LogP contribution < -0.4 is 15.0 Å². The van der Waals surface area contributed by atoms with Gasteiger partial charge in [0.15, 0.2) is 0 Å². The van der Waals surface area contributed by atoms with Crippen LogP contribution in [0.3, 0.4) is 0 Å². The van der Waals surface area contributed by atoms with Crippen molar-refractivity contribution < 1.29 is 23.1 Å². The summed E-state index contributed by atoms with van der Waals surface area (Å²) < 4.78 is 31.5. The summed E-state index contributed by atoms with van der Waals surface area (Å²) in [5, 5.41) is 12.3. The molecule has 0 atom stereocenters. The van der Waals surface area contributed by atoms with E-state index in [2.05, 4.69) is 16.3 Å². The Balaban J connectivity index is 1.61. The molecule has 0 unspecified atom stereocenters. The van der Waals surface area contributed by atoms with Crippen molar-refractivity contribution in [3.8, 4) is 23.1 Å². The number of nitrogens with one attached hydrogen (secondary N) is 1. The van der Waals surface area contributed by atoms with Crippen LogP contribution in [0.4, 0.5) is 10.1 Å². The lowest BCUT2D eigenvalue weighted by atomic mass is 10.0. The third-order valence-corrected chi connectivity index (χ3v) is 6.16. The molecule has 1 aromatic heterocycles. The molecule has 0 radical (unpaired) electrons. The number of ether oxygens (including phenoxy) is 2. The van der Waals surface area contributed by atoms with Crippen LogP contribution in [0.5, 0.6) is 5.75 Å². The standard InChI is InChI=1S/C28H24FN3O4/c1-31-28(33)26-22-14-25(35-17-19-4-2-18(16-30)3-5-19)23(32-10-12-34-13-11-32)15-24(22)36-27(26)20-6-8-21(29)9-7-20/h2-9,14-15H,10-13,17H2,1H3,(H,31,33). The van der Waals surface area contributed by atoms with Gasteiger partial charge in [0.05, 0.1) is 36.1 Å². The fourth-order valence-electron chi connectivity index (χ4n) is 4.27. The summed E-state index contributed by atoms with van der Waals surface area (Å²) in [6, 6.07) is 18.9. The second-order valence-electron chi connectivity index (χ2n) is 8.41. The van der Waals surface area contributed by atoms with Crippen LogP contribution in [0.2, 0.25) is 0 Å². The Labute approximate surface area is 207 Å². The summed E-state index contributed by atoms with van der Waals surface area (Å²) in [6.45, 7) is 2.84. The third-order valence-electron chi connectivity index (χ3n) is 6.16. The molecule has 1 amide bonds. The fourth-order valence-corrected chi connectivity index (χ4v) is 4.27. The molecule has 1 saturated heterocycles. The normalized spacial score (nSPS) is 13.4. The van der Waals surface area contributed by atoms with Gasteiger partial charge in [-0.05, 0) is 48.0 Å². The Hall–Kier alpha value is -4.35. The van der Waals surface area contributed by atoms with E-state index in [0.717, 1.165) is 11.3 Å². The van der Waals surface area contributed by atoms with E-state index >= 15 is 0 Å². The Morgan fingerprint density at radius 3 is 2.50 bits per heavy atom. The number of hydrogen-bond donors (Lipinski definition) is 1. The van der Waals surface area contributed by atoms with Gasteiger partial charge in [0.1, 0.15) is 29.5 Å². The van der Waals surface area contributed by atoms with Crippen molar-refractivity contribution in [3.05, 3.63) is 83.2 Å². The maximum atomic E-state index is 13.6. The van der Waals surface area contributed by atoms with Crippen molar-refractivity contribution in [2.45, 2.75) is 6.61 Å². The van der Waals surface area contributed by atoms with Gasteiger partial charge < -0.3 is 24.1 Å². The molecule has 0 saturated carbocycles. The average molecular weight is 486 g/mol. The molecule has 8 heteroatoms. The number of hydrogen-bond acceptors (Lipinski definition) is 6. The molecule has 1 fully saturated rings. The lowest BCUT2D eigenvalue weighted by molar-refractivity contribution is 0.0964. The van der Waals surface area contributed by atoms with Crippen LogP contribution in [0.25, 0.3) is 22.3 Å². The van der Waals surface area contributed by atoms with Crippen LogP contribution in [-0.4, -0.2) is 39.3 Å². The number of amides is 1. The molecule has 2 heterocycles. The molecular weight excluding hydrogens is 461 g/mol. The minimum atomic E-state index is -0.371. The Kier molecular flexibility index (Phi) is 6.56. The highest BCUT2D eigenvalue weighted by atomic mass is 19.1. The van der Waals surface area contributed by atoms with E-state index in [1.54, 1.807) is 31.3 Å². The van der Waals surface area contributed by atoms with Crippen molar-refractivity contribution in [1.29, 1.82) is 5.26 Å². The molecule has 4 aromatic rings. The maximum absolute atomic E-state index is 13.6. The summed E-state index contributed by atoms with van der Waals surface area (Å²) in [5.41, 5.74) is 3.81. The fraction of sp³-hybridized carbons (Fsp3) is 0.214. The van der Waals surface area contributed by atoms with Gasteiger partial charge in [-0.1, -0.05) is 12.1 Å². The third kappa shape index (κ3) is 4.61. The summed E-state index contributed by atoms with van der Waals surface area (Å²) >= 11 is 0. The topological polar surface area (TPSA) is 87.7 Å². The van der Waals surface area contributed by atoms with Crippen LogP contribution in [0, 0.1) is 17.1 Å². The van der Waals surface area contributed by atoms with Crippen molar-refractivity contribution in [1.82, 2.24) is 5.32 Å². The van der Waals surface area contributed by atoms with E-state index < -0.39 is 0 Å². The zero-order valence-electron chi connectivity index (χ0n) is 19.7. The van der Waals surface area contributed by atoms with E-state index in [4.69, 9.17) is 19.2 Å². The first-order valence-corrected chi connectivity index (χ1v) is 11.6. The van der Waals surface area contributed by atoms with E-state index in [1.165, 1.54) is 12.1 Å². The highest BCUT2D eigenvalue weighted by molar-refractivity contribution is 6.12. The largest absolute Gasteiger partial charge is 0.487 e. The van der Waals surface area contributed by atoms with Gasteiger partial charge in [0, 0.05) is 37.2 Å². The number of carbonyl (C=O) groups excluding carboxylic acids is 1. The van der Waals surface area contributed by atoms with Gasteiger partial charge >= 0.3 is 0 Å². The highest BCUT2D eigenvalue weighted by Gasteiger charge is 2.25. The lowest BCUT2D eigenvalue weighted by Crippen LogP contribution is -2.36. The molecule has 0 spiro atoms. The Morgan fingerprint density at radius 1 is 1.11 bits per heavy atom. The number of nitrogens with zero attached hydrogens (tertiary/aromatic N) is 2. The lowest BCUT2D eigenvalue weighted by Gasteiger charge is -2.30. The minimum Gasteiger partial charge on any atom is -0.487 e. The first-order valence-electron chi connectivity index (χ1n) is 11.6. The van der Waals surface area contributed by atoms with E-state index in [9.17, 15) is 9.18 Å². The SMILES string of the molecule is CNC(=O)c1c(-c2ccc(F)cc2)oc2cc(N3CCOCC3)c(OCc3ccc(C#N)cc3)cc12. The highest BCUT2D eigenvalue weighted by Crippen LogP contribution is 2.41. The summed E-state index contributed by atoms with van der Waals surface area (Å²) in [6.07, 6.45) is 0. The number of benzene rings is 3. The van der Waals surface area contributed by atoms with Gasteiger partial charge in [0.2, 0.25) is 0 Å². The van der Waals surface area contributed by atoms with Crippen molar-refractivity contribution in [2.75, 3.05) is 38.3 Å². The van der Waals surface area contributed by atoms with Crippen LogP contribution in [-0.2, 0) is 11.3 Å². The number of anilines is 1. The summed E-state index contributed by atoms with van der Waals surface area (Å²) in [5.74, 6) is 0.279. The van der Waals surface area contributed by atoms with Gasteiger partial charge in [-0.2, -0.15) is 5.26 Å². The predicted molar refractivity (Wildman–Crippen MR) is 134 cm³/mol. The van der Waals surface area contributed by atoms with Crippen LogP contribution in [0.1, 0.15) is 21.5 Å². The maximum Gasteiger partial charge on any atom is 0.255 e. The van der Waals surface area contributed by atoms with E-state index in [-0.39, 0.29) is 18.3 Å². The molecule has 1 aliphatic heterocycles.